The summed E-state index contributed by atoms with van der Waals surface area (Å²) >= 11 is 0. The minimum atomic E-state index is 0.425. The van der Waals surface area contributed by atoms with Gasteiger partial charge in [0.25, 0.3) is 0 Å². The molecule has 0 aromatic carbocycles. The molecule has 2 nitrogen and oxygen atoms in total. The van der Waals surface area contributed by atoms with Crippen molar-refractivity contribution in [3.8, 4) is 0 Å². The fourth-order valence-electron chi connectivity index (χ4n) is 1.15. The summed E-state index contributed by atoms with van der Waals surface area (Å²) in [5.41, 5.74) is 2.11. The minimum absolute atomic E-state index is 0.425. The average Bonchev–Trinajstić information content (AvgIpc) is 2.18. The highest BCUT2D eigenvalue weighted by Crippen LogP contribution is 2.16. The molecule has 15 heavy (non-hydrogen) atoms. The molecule has 1 heterocycles. The van der Waals surface area contributed by atoms with Gasteiger partial charge < -0.3 is 5.32 Å². The molecule has 0 saturated carbocycles. The Morgan fingerprint density at radius 2 is 1.93 bits per heavy atom. The van der Waals surface area contributed by atoms with E-state index in [4.69, 9.17) is 0 Å². The molecule has 2 heteroatoms. The van der Waals surface area contributed by atoms with Gasteiger partial charge in [0.05, 0.1) is 0 Å². The molecule has 0 unspecified atom stereocenters. The second kappa shape index (κ2) is 4.96. The number of nitrogens with zero attached hydrogens (tertiary/aromatic N) is 1. The molecule has 82 valence electrons. The zero-order chi connectivity index (χ0) is 11.4. The van der Waals surface area contributed by atoms with E-state index in [0.717, 1.165) is 17.2 Å². The first-order valence-corrected chi connectivity index (χ1v) is 5.43. The highest BCUT2D eigenvalue weighted by molar-refractivity contribution is 5.41. The van der Waals surface area contributed by atoms with Crippen LogP contribution in [0, 0.1) is 5.92 Å². The van der Waals surface area contributed by atoms with E-state index >= 15 is 0 Å². The van der Waals surface area contributed by atoms with Gasteiger partial charge >= 0.3 is 0 Å². The Bertz CT molecular complexity index is 340. The van der Waals surface area contributed by atoms with Crippen LogP contribution in [0.3, 0.4) is 0 Å². The van der Waals surface area contributed by atoms with Crippen molar-refractivity contribution in [3.63, 3.8) is 0 Å². The van der Waals surface area contributed by atoms with Gasteiger partial charge in [0.15, 0.2) is 0 Å². The van der Waals surface area contributed by atoms with Crippen molar-refractivity contribution >= 4 is 5.82 Å². The number of pyridine rings is 1. The van der Waals surface area contributed by atoms with Crippen LogP contribution in [0.15, 0.2) is 30.5 Å². The Morgan fingerprint density at radius 1 is 1.27 bits per heavy atom. The normalized spacial score (nSPS) is 10.8. The zero-order valence-electron chi connectivity index (χ0n) is 10.0. The molecular formula is C13H20N2. The summed E-state index contributed by atoms with van der Waals surface area (Å²) in [4.78, 5) is 4.52. The van der Waals surface area contributed by atoms with Gasteiger partial charge in [-0.1, -0.05) is 40.3 Å². The van der Waals surface area contributed by atoms with Gasteiger partial charge in [-0.25, -0.2) is 4.98 Å². The Balaban J connectivity index is 2.78. The van der Waals surface area contributed by atoms with E-state index in [1.807, 2.05) is 18.2 Å². The highest BCUT2D eigenvalue weighted by atomic mass is 15.0. The number of hydrogen-bond donors (Lipinski definition) is 1. The predicted molar refractivity (Wildman–Crippen MR) is 65.9 cm³/mol. The largest absolute Gasteiger partial charge is 0.344 e. The SMILES string of the molecule is C=C(Nc1cccc(C(C)C)n1)C(C)C. The Kier molecular flexibility index (Phi) is 3.89. The third kappa shape index (κ3) is 3.39. The standard InChI is InChI=1S/C13H20N2/c1-9(2)11(5)14-13-8-6-7-12(15-13)10(3)4/h6-10H,5H2,1-4H3,(H,14,15). The quantitative estimate of drug-likeness (QED) is 0.807. The molecule has 1 aromatic heterocycles. The third-order valence-corrected chi connectivity index (χ3v) is 2.35. The van der Waals surface area contributed by atoms with E-state index in [9.17, 15) is 0 Å². The Morgan fingerprint density at radius 3 is 2.47 bits per heavy atom. The summed E-state index contributed by atoms with van der Waals surface area (Å²) in [6, 6.07) is 6.05. The molecule has 0 spiro atoms. The van der Waals surface area contributed by atoms with E-state index in [1.165, 1.54) is 0 Å². The maximum atomic E-state index is 4.52. The molecule has 1 rings (SSSR count). The van der Waals surface area contributed by atoms with Crippen LogP contribution in [-0.2, 0) is 0 Å². The van der Waals surface area contributed by atoms with Gasteiger partial charge in [-0.2, -0.15) is 0 Å². The molecule has 1 aromatic rings. The van der Waals surface area contributed by atoms with Crippen LogP contribution < -0.4 is 5.32 Å². The first-order valence-electron chi connectivity index (χ1n) is 5.43. The maximum Gasteiger partial charge on any atom is 0.130 e. The first-order chi connectivity index (χ1) is 7.00. The van der Waals surface area contributed by atoms with Crippen molar-refractivity contribution in [2.45, 2.75) is 33.6 Å². The Hall–Kier alpha value is -1.31. The summed E-state index contributed by atoms with van der Waals surface area (Å²) in [7, 11) is 0. The van der Waals surface area contributed by atoms with E-state index in [-0.39, 0.29) is 0 Å². The number of allylic oxidation sites excluding steroid dienone is 1. The lowest BCUT2D eigenvalue weighted by atomic mass is 10.1. The van der Waals surface area contributed by atoms with Crippen molar-refractivity contribution in [2.24, 2.45) is 5.92 Å². The summed E-state index contributed by atoms with van der Waals surface area (Å²) in [6.07, 6.45) is 0. The van der Waals surface area contributed by atoms with Gasteiger partial charge in [0.2, 0.25) is 0 Å². The van der Waals surface area contributed by atoms with Crippen molar-refractivity contribution in [1.29, 1.82) is 0 Å². The number of anilines is 1. The van der Waals surface area contributed by atoms with E-state index in [2.05, 4.69) is 44.6 Å². The summed E-state index contributed by atoms with van der Waals surface area (Å²) in [5, 5.41) is 3.23. The zero-order valence-corrected chi connectivity index (χ0v) is 10.0. The highest BCUT2D eigenvalue weighted by Gasteiger charge is 2.04. The smallest absolute Gasteiger partial charge is 0.130 e. The van der Waals surface area contributed by atoms with Gasteiger partial charge in [-0.3, -0.25) is 0 Å². The number of aromatic nitrogens is 1. The summed E-state index contributed by atoms with van der Waals surface area (Å²) in [5.74, 6) is 1.77. The monoisotopic (exact) mass is 204 g/mol. The second-order valence-electron chi connectivity index (χ2n) is 4.41. The molecular weight excluding hydrogens is 184 g/mol. The lowest BCUT2D eigenvalue weighted by Gasteiger charge is -2.13. The third-order valence-electron chi connectivity index (χ3n) is 2.35. The molecule has 0 aliphatic heterocycles. The molecule has 0 aliphatic carbocycles. The van der Waals surface area contributed by atoms with Gasteiger partial charge in [0.1, 0.15) is 5.82 Å². The molecule has 0 aliphatic rings. The van der Waals surface area contributed by atoms with E-state index < -0.39 is 0 Å². The van der Waals surface area contributed by atoms with Crippen LogP contribution >= 0.6 is 0 Å². The second-order valence-corrected chi connectivity index (χ2v) is 4.41. The van der Waals surface area contributed by atoms with E-state index in [1.54, 1.807) is 0 Å². The van der Waals surface area contributed by atoms with Crippen LogP contribution in [-0.4, -0.2) is 4.98 Å². The molecule has 1 N–H and O–H groups in total. The van der Waals surface area contributed by atoms with E-state index in [0.29, 0.717) is 11.8 Å². The number of rotatable bonds is 4. The van der Waals surface area contributed by atoms with Crippen molar-refractivity contribution < 1.29 is 0 Å². The van der Waals surface area contributed by atoms with Gasteiger partial charge in [0, 0.05) is 11.4 Å². The van der Waals surface area contributed by atoms with Crippen molar-refractivity contribution in [1.82, 2.24) is 4.98 Å². The number of nitrogens with one attached hydrogen (secondary N) is 1. The van der Waals surface area contributed by atoms with Crippen LogP contribution in [0.25, 0.3) is 0 Å². The molecule has 0 radical (unpaired) electrons. The van der Waals surface area contributed by atoms with Crippen LogP contribution in [0.5, 0.6) is 0 Å². The first kappa shape index (κ1) is 11.8. The van der Waals surface area contributed by atoms with Crippen molar-refractivity contribution in [3.05, 3.63) is 36.2 Å². The average molecular weight is 204 g/mol. The lowest BCUT2D eigenvalue weighted by molar-refractivity contribution is 0.773. The van der Waals surface area contributed by atoms with Crippen LogP contribution in [0.1, 0.15) is 39.3 Å². The molecule has 0 amide bonds. The molecule has 0 atom stereocenters. The van der Waals surface area contributed by atoms with Crippen LogP contribution in [0.4, 0.5) is 5.82 Å². The molecule has 0 fully saturated rings. The topological polar surface area (TPSA) is 24.9 Å². The fraction of sp³-hybridized carbons (Fsp3) is 0.462. The predicted octanol–water partition coefficient (Wildman–Crippen LogP) is 3.79. The lowest BCUT2D eigenvalue weighted by Crippen LogP contribution is -2.06. The fourth-order valence-corrected chi connectivity index (χ4v) is 1.15. The minimum Gasteiger partial charge on any atom is -0.344 e. The van der Waals surface area contributed by atoms with Crippen LogP contribution in [0.2, 0.25) is 0 Å². The number of hydrogen-bond acceptors (Lipinski definition) is 2. The summed E-state index contributed by atoms with van der Waals surface area (Å²) < 4.78 is 0. The molecule has 0 bridgehead atoms. The van der Waals surface area contributed by atoms with Gasteiger partial charge in [-0.15, -0.1) is 0 Å². The van der Waals surface area contributed by atoms with Gasteiger partial charge in [-0.05, 0) is 24.0 Å². The summed E-state index contributed by atoms with van der Waals surface area (Å²) in [6.45, 7) is 12.5. The Labute approximate surface area is 92.4 Å². The molecule has 0 saturated heterocycles. The van der Waals surface area contributed by atoms with Crippen molar-refractivity contribution in [2.75, 3.05) is 5.32 Å². The maximum absolute atomic E-state index is 4.52.